The van der Waals surface area contributed by atoms with Crippen LogP contribution in [-0.2, 0) is 4.79 Å². The molecular formula is C20H19Cl2N3O3. The van der Waals surface area contributed by atoms with Crippen molar-refractivity contribution in [3.8, 4) is 0 Å². The van der Waals surface area contributed by atoms with Gasteiger partial charge in [0.05, 0.1) is 17.2 Å². The number of imide groups is 1. The topological polar surface area (TPSA) is 69.7 Å². The minimum Gasteiger partial charge on any atom is -0.332 e. The summed E-state index contributed by atoms with van der Waals surface area (Å²) in [6, 6.07) is 13.8. The largest absolute Gasteiger partial charge is 0.332 e. The van der Waals surface area contributed by atoms with Crippen molar-refractivity contribution in [2.24, 2.45) is 0 Å². The number of fused-ring (bicyclic) bond motifs is 1. The van der Waals surface area contributed by atoms with Crippen LogP contribution in [0.3, 0.4) is 0 Å². The van der Waals surface area contributed by atoms with E-state index in [1.807, 2.05) is 18.2 Å². The molecule has 28 heavy (non-hydrogen) atoms. The predicted octanol–water partition coefficient (Wildman–Crippen LogP) is 2.53. The monoisotopic (exact) mass is 419 g/mol. The van der Waals surface area contributed by atoms with Gasteiger partial charge in [-0.05, 0) is 29.8 Å². The van der Waals surface area contributed by atoms with Gasteiger partial charge in [-0.25, -0.2) is 0 Å². The third-order valence-corrected chi connectivity index (χ3v) is 5.20. The smallest absolute Gasteiger partial charge is 0.262 e. The Bertz CT molecular complexity index is 899. The summed E-state index contributed by atoms with van der Waals surface area (Å²) in [6.45, 7) is 1.49. The van der Waals surface area contributed by atoms with Gasteiger partial charge in [0.2, 0.25) is 5.91 Å². The number of nitrogens with one attached hydrogen (secondary N) is 1. The van der Waals surface area contributed by atoms with Gasteiger partial charge in [0.1, 0.15) is 6.54 Å². The van der Waals surface area contributed by atoms with E-state index in [4.69, 9.17) is 11.6 Å². The highest BCUT2D eigenvalue weighted by atomic mass is 35.5. The lowest BCUT2D eigenvalue weighted by molar-refractivity contribution is -0.134. The van der Waals surface area contributed by atoms with E-state index >= 15 is 0 Å². The number of hydrogen-bond donors (Lipinski definition) is 1. The van der Waals surface area contributed by atoms with Gasteiger partial charge in [-0.3, -0.25) is 19.3 Å². The van der Waals surface area contributed by atoms with Crippen LogP contribution in [0.15, 0.2) is 48.5 Å². The van der Waals surface area contributed by atoms with Crippen molar-refractivity contribution in [3.05, 3.63) is 70.2 Å². The molecule has 0 saturated carbocycles. The Morgan fingerprint density at radius 2 is 1.75 bits per heavy atom. The third-order valence-electron chi connectivity index (χ3n) is 4.97. The molecule has 0 radical (unpaired) electrons. The van der Waals surface area contributed by atoms with Crippen molar-refractivity contribution in [3.63, 3.8) is 0 Å². The summed E-state index contributed by atoms with van der Waals surface area (Å²) >= 11 is 6.10. The first kappa shape index (κ1) is 20.3. The van der Waals surface area contributed by atoms with E-state index in [0.717, 1.165) is 10.5 Å². The maximum Gasteiger partial charge on any atom is 0.262 e. The minimum absolute atomic E-state index is 0. The van der Waals surface area contributed by atoms with Gasteiger partial charge >= 0.3 is 0 Å². The van der Waals surface area contributed by atoms with Crippen LogP contribution < -0.4 is 5.32 Å². The standard InChI is InChI=1S/C20H18ClN3O3.ClH/c21-14-5-3-4-13(10-14)17-11-22-8-9-23(17)18(25)12-24-19(26)15-6-1-2-7-16(15)20(24)27;/h1-7,10,17,22H,8-9,11-12H2;1H. The molecule has 2 aromatic carbocycles. The molecule has 2 aliphatic heterocycles. The lowest BCUT2D eigenvalue weighted by Crippen LogP contribution is -2.52. The fraction of sp³-hybridized carbons (Fsp3) is 0.250. The average Bonchev–Trinajstić information content (AvgIpc) is 2.93. The first-order valence-corrected chi connectivity index (χ1v) is 9.15. The van der Waals surface area contributed by atoms with Gasteiger partial charge in [-0.1, -0.05) is 35.9 Å². The van der Waals surface area contributed by atoms with Crippen molar-refractivity contribution in [2.75, 3.05) is 26.2 Å². The number of rotatable bonds is 3. The van der Waals surface area contributed by atoms with Crippen LogP contribution >= 0.6 is 24.0 Å². The number of hydrogen-bond acceptors (Lipinski definition) is 4. The first-order valence-electron chi connectivity index (χ1n) is 8.77. The van der Waals surface area contributed by atoms with E-state index in [1.165, 1.54) is 0 Å². The number of nitrogens with zero attached hydrogens (tertiary/aromatic N) is 2. The van der Waals surface area contributed by atoms with Crippen LogP contribution in [-0.4, -0.2) is 53.7 Å². The van der Waals surface area contributed by atoms with Crippen molar-refractivity contribution in [1.29, 1.82) is 0 Å². The van der Waals surface area contributed by atoms with Gasteiger partial charge in [-0.2, -0.15) is 0 Å². The van der Waals surface area contributed by atoms with Gasteiger partial charge in [0, 0.05) is 24.7 Å². The number of benzene rings is 2. The van der Waals surface area contributed by atoms with E-state index in [1.54, 1.807) is 35.2 Å². The molecular weight excluding hydrogens is 401 g/mol. The van der Waals surface area contributed by atoms with Gasteiger partial charge < -0.3 is 10.2 Å². The molecule has 0 aromatic heterocycles. The summed E-state index contributed by atoms with van der Waals surface area (Å²) in [4.78, 5) is 40.8. The van der Waals surface area contributed by atoms with E-state index in [9.17, 15) is 14.4 Å². The van der Waals surface area contributed by atoms with Gasteiger partial charge in [-0.15, -0.1) is 12.4 Å². The molecule has 146 valence electrons. The summed E-state index contributed by atoms with van der Waals surface area (Å²) in [7, 11) is 0. The lowest BCUT2D eigenvalue weighted by Gasteiger charge is -2.37. The molecule has 3 amide bonds. The number of amides is 3. The molecule has 0 bridgehead atoms. The normalized spacial score (nSPS) is 18.7. The fourth-order valence-corrected chi connectivity index (χ4v) is 3.82. The Kier molecular flexibility index (Phi) is 6.03. The molecule has 2 heterocycles. The SMILES string of the molecule is Cl.O=C1c2ccccc2C(=O)N1CC(=O)N1CCNCC1c1cccc(Cl)c1. The quantitative estimate of drug-likeness (QED) is 0.775. The van der Waals surface area contributed by atoms with Crippen LogP contribution in [0.5, 0.6) is 0 Å². The van der Waals surface area contributed by atoms with E-state index in [0.29, 0.717) is 35.8 Å². The number of piperazine rings is 1. The second-order valence-electron chi connectivity index (χ2n) is 6.60. The summed E-state index contributed by atoms with van der Waals surface area (Å²) < 4.78 is 0. The molecule has 0 aliphatic carbocycles. The number of carbonyl (C=O) groups is 3. The minimum atomic E-state index is -0.418. The number of carbonyl (C=O) groups excluding carboxylic acids is 3. The Labute approximate surface area is 173 Å². The predicted molar refractivity (Wildman–Crippen MR) is 108 cm³/mol. The molecule has 8 heteroatoms. The van der Waals surface area contributed by atoms with E-state index < -0.39 is 11.8 Å². The molecule has 1 N–H and O–H groups in total. The van der Waals surface area contributed by atoms with Crippen molar-refractivity contribution in [2.45, 2.75) is 6.04 Å². The zero-order valence-corrected chi connectivity index (χ0v) is 16.5. The van der Waals surface area contributed by atoms with Crippen LogP contribution in [0.2, 0.25) is 5.02 Å². The van der Waals surface area contributed by atoms with Crippen molar-refractivity contribution in [1.82, 2.24) is 15.1 Å². The molecule has 2 aliphatic rings. The molecule has 1 unspecified atom stereocenters. The van der Waals surface area contributed by atoms with Gasteiger partial charge in [0.15, 0.2) is 0 Å². The maximum absolute atomic E-state index is 13.0. The Morgan fingerprint density at radius 1 is 1.07 bits per heavy atom. The van der Waals surface area contributed by atoms with Gasteiger partial charge in [0.25, 0.3) is 11.8 Å². The Balaban J connectivity index is 0.00000225. The van der Waals surface area contributed by atoms with Crippen LogP contribution in [0.1, 0.15) is 32.3 Å². The second kappa shape index (κ2) is 8.31. The highest BCUT2D eigenvalue weighted by Gasteiger charge is 2.38. The van der Waals surface area contributed by atoms with Crippen LogP contribution in [0.4, 0.5) is 0 Å². The second-order valence-corrected chi connectivity index (χ2v) is 7.04. The zero-order valence-electron chi connectivity index (χ0n) is 14.9. The summed E-state index contributed by atoms with van der Waals surface area (Å²) in [5.74, 6) is -1.09. The summed E-state index contributed by atoms with van der Waals surface area (Å²) in [6.07, 6.45) is 0. The maximum atomic E-state index is 13.0. The highest BCUT2D eigenvalue weighted by molar-refractivity contribution is 6.30. The highest BCUT2D eigenvalue weighted by Crippen LogP contribution is 2.26. The molecule has 1 atom stereocenters. The summed E-state index contributed by atoms with van der Waals surface area (Å²) in [5.41, 5.74) is 1.62. The lowest BCUT2D eigenvalue weighted by atomic mass is 10.0. The first-order chi connectivity index (χ1) is 13.1. The van der Waals surface area contributed by atoms with Crippen LogP contribution in [0, 0.1) is 0 Å². The molecule has 1 saturated heterocycles. The molecule has 6 nitrogen and oxygen atoms in total. The summed E-state index contributed by atoms with van der Waals surface area (Å²) in [5, 5.41) is 3.88. The van der Waals surface area contributed by atoms with Crippen molar-refractivity contribution >= 4 is 41.7 Å². The number of halogens is 2. The molecule has 2 aromatic rings. The van der Waals surface area contributed by atoms with E-state index in [-0.39, 0.29) is 30.9 Å². The third kappa shape index (κ3) is 3.63. The Morgan fingerprint density at radius 3 is 2.39 bits per heavy atom. The molecule has 0 spiro atoms. The fourth-order valence-electron chi connectivity index (χ4n) is 3.62. The van der Waals surface area contributed by atoms with Crippen molar-refractivity contribution < 1.29 is 14.4 Å². The van der Waals surface area contributed by atoms with E-state index in [2.05, 4.69) is 5.32 Å². The van der Waals surface area contributed by atoms with Crippen LogP contribution in [0.25, 0.3) is 0 Å². The average molecular weight is 420 g/mol. The Hall–Kier alpha value is -2.41. The molecule has 4 rings (SSSR count). The zero-order chi connectivity index (χ0) is 19.0. The molecule has 1 fully saturated rings.